The number of nitrogens with one attached hydrogen (secondary N) is 1. The second kappa shape index (κ2) is 9.26. The van der Waals surface area contributed by atoms with E-state index in [4.69, 9.17) is 11.6 Å². The second-order valence-corrected chi connectivity index (χ2v) is 7.78. The highest BCUT2D eigenvalue weighted by Gasteiger charge is 2.30. The van der Waals surface area contributed by atoms with Crippen molar-refractivity contribution in [3.8, 4) is 11.1 Å². The number of nitrogens with zero attached hydrogens (tertiary/aromatic N) is 3. The average Bonchev–Trinajstić information content (AvgIpc) is 2.74. The first-order valence-electron chi connectivity index (χ1n) is 9.85. The predicted octanol–water partition coefficient (Wildman–Crippen LogP) is 3.43. The third kappa shape index (κ3) is 4.62. The highest BCUT2D eigenvalue weighted by molar-refractivity contribution is 6.34. The van der Waals surface area contributed by atoms with Gasteiger partial charge in [-0.1, -0.05) is 35.9 Å². The topological polar surface area (TPSA) is 82.6 Å². The monoisotopic (exact) mass is 428 g/mol. The molecular weight excluding hydrogens is 404 g/mol. The molecule has 1 N–H and O–H groups in total. The molecule has 2 heterocycles. The second-order valence-electron chi connectivity index (χ2n) is 7.40. The van der Waals surface area contributed by atoms with Crippen LogP contribution < -0.4 is 5.32 Å². The van der Waals surface area contributed by atoms with E-state index in [1.54, 1.807) is 30.1 Å². The molecule has 1 aromatic carbocycles. The summed E-state index contributed by atoms with van der Waals surface area (Å²) in [6.45, 7) is 2.95. The highest BCUT2D eigenvalue weighted by Crippen LogP contribution is 2.36. The van der Waals surface area contributed by atoms with Gasteiger partial charge in [0.1, 0.15) is 0 Å². The largest absolute Gasteiger partial charge is 0.328 e. The minimum absolute atomic E-state index is 0.0663. The van der Waals surface area contributed by atoms with Gasteiger partial charge in [0, 0.05) is 44.4 Å². The number of amides is 4. The molecule has 4 amide bonds. The van der Waals surface area contributed by atoms with E-state index in [0.717, 1.165) is 16.8 Å². The van der Waals surface area contributed by atoms with Crippen LogP contribution in [0.4, 0.5) is 4.79 Å². The number of benzene rings is 1. The molecule has 3 rings (SSSR count). The number of pyridine rings is 1. The Hall–Kier alpha value is -2.93. The molecule has 158 valence electrons. The SMILES string of the molecule is CCN(C)C(=O)N(C)Cc1ccc(-c2cccc(C3CCC(=O)NC3=O)c2Cl)cn1. The lowest BCUT2D eigenvalue weighted by atomic mass is 9.88. The Morgan fingerprint density at radius 1 is 1.20 bits per heavy atom. The Labute approximate surface area is 181 Å². The van der Waals surface area contributed by atoms with Gasteiger partial charge in [0.2, 0.25) is 11.8 Å². The van der Waals surface area contributed by atoms with Gasteiger partial charge in [-0.15, -0.1) is 0 Å². The highest BCUT2D eigenvalue weighted by atomic mass is 35.5. The van der Waals surface area contributed by atoms with Crippen molar-refractivity contribution in [1.29, 1.82) is 0 Å². The molecule has 1 aliphatic rings. The summed E-state index contributed by atoms with van der Waals surface area (Å²) in [4.78, 5) is 43.6. The normalized spacial score (nSPS) is 16.2. The van der Waals surface area contributed by atoms with Crippen LogP contribution in [0.1, 0.15) is 36.9 Å². The van der Waals surface area contributed by atoms with Crippen LogP contribution in [0.15, 0.2) is 36.5 Å². The van der Waals surface area contributed by atoms with Crippen LogP contribution in [0.3, 0.4) is 0 Å². The Morgan fingerprint density at radius 2 is 1.97 bits per heavy atom. The Morgan fingerprint density at radius 3 is 2.60 bits per heavy atom. The predicted molar refractivity (Wildman–Crippen MR) is 115 cm³/mol. The van der Waals surface area contributed by atoms with Crippen LogP contribution in [0, 0.1) is 0 Å². The molecule has 1 atom stereocenters. The van der Waals surface area contributed by atoms with E-state index >= 15 is 0 Å². The van der Waals surface area contributed by atoms with E-state index in [2.05, 4.69) is 10.3 Å². The molecule has 0 saturated carbocycles. The molecule has 0 radical (unpaired) electrons. The third-order valence-corrected chi connectivity index (χ3v) is 5.73. The maximum atomic E-state index is 12.2. The van der Waals surface area contributed by atoms with Crippen molar-refractivity contribution in [2.45, 2.75) is 32.2 Å². The minimum atomic E-state index is -0.447. The van der Waals surface area contributed by atoms with Crippen molar-refractivity contribution in [3.05, 3.63) is 52.8 Å². The number of carbonyl (C=O) groups excluding carboxylic acids is 3. The van der Waals surface area contributed by atoms with Crippen molar-refractivity contribution >= 4 is 29.4 Å². The van der Waals surface area contributed by atoms with Gasteiger partial charge in [0.15, 0.2) is 0 Å². The molecule has 1 aromatic heterocycles. The maximum absolute atomic E-state index is 12.2. The molecule has 2 aromatic rings. The quantitative estimate of drug-likeness (QED) is 0.739. The van der Waals surface area contributed by atoms with Gasteiger partial charge in [-0.3, -0.25) is 19.9 Å². The van der Waals surface area contributed by atoms with Gasteiger partial charge in [-0.25, -0.2) is 4.79 Å². The summed E-state index contributed by atoms with van der Waals surface area (Å²) in [7, 11) is 3.50. The minimum Gasteiger partial charge on any atom is -0.328 e. The molecule has 7 nitrogen and oxygen atoms in total. The van der Waals surface area contributed by atoms with Crippen molar-refractivity contribution < 1.29 is 14.4 Å². The molecule has 8 heteroatoms. The number of imide groups is 1. The number of rotatable bonds is 5. The molecule has 30 heavy (non-hydrogen) atoms. The number of piperidine rings is 1. The van der Waals surface area contributed by atoms with Crippen molar-refractivity contribution in [3.63, 3.8) is 0 Å². The lowest BCUT2D eigenvalue weighted by Gasteiger charge is -2.23. The van der Waals surface area contributed by atoms with Gasteiger partial charge in [-0.05, 0) is 25.0 Å². The smallest absolute Gasteiger partial charge is 0.319 e. The Bertz CT molecular complexity index is 961. The van der Waals surface area contributed by atoms with Gasteiger partial charge in [-0.2, -0.15) is 0 Å². The van der Waals surface area contributed by atoms with E-state index in [1.807, 2.05) is 37.3 Å². The van der Waals surface area contributed by atoms with E-state index in [9.17, 15) is 14.4 Å². The van der Waals surface area contributed by atoms with Gasteiger partial charge in [0.05, 0.1) is 23.2 Å². The molecule has 1 fully saturated rings. The molecular formula is C22H25ClN4O3. The number of halogens is 1. The van der Waals surface area contributed by atoms with Crippen LogP contribution in [-0.2, 0) is 16.1 Å². The molecule has 0 spiro atoms. The first kappa shape index (κ1) is 21.8. The summed E-state index contributed by atoms with van der Waals surface area (Å²) in [5.41, 5.74) is 3.05. The van der Waals surface area contributed by atoms with Crippen LogP contribution >= 0.6 is 11.6 Å². The molecule has 1 saturated heterocycles. The molecule has 0 bridgehead atoms. The third-order valence-electron chi connectivity index (χ3n) is 5.31. The van der Waals surface area contributed by atoms with Crippen LogP contribution in [0.5, 0.6) is 0 Å². The lowest BCUT2D eigenvalue weighted by molar-refractivity contribution is -0.134. The Kier molecular flexibility index (Phi) is 6.72. The zero-order chi connectivity index (χ0) is 21.8. The zero-order valence-electron chi connectivity index (χ0n) is 17.3. The number of carbonyl (C=O) groups is 3. The molecule has 0 aliphatic carbocycles. The van der Waals surface area contributed by atoms with E-state index in [-0.39, 0.29) is 17.8 Å². The van der Waals surface area contributed by atoms with E-state index in [1.165, 1.54) is 0 Å². The van der Waals surface area contributed by atoms with Crippen molar-refractivity contribution in [2.24, 2.45) is 0 Å². The number of urea groups is 1. The first-order chi connectivity index (χ1) is 14.3. The van der Waals surface area contributed by atoms with Gasteiger partial charge in [0.25, 0.3) is 0 Å². The number of hydrogen-bond donors (Lipinski definition) is 1. The summed E-state index contributed by atoms with van der Waals surface area (Å²) in [5.74, 6) is -1.02. The van der Waals surface area contributed by atoms with Crippen LogP contribution in [0.2, 0.25) is 5.02 Å². The summed E-state index contributed by atoms with van der Waals surface area (Å²) in [6.07, 6.45) is 2.46. The van der Waals surface area contributed by atoms with Crippen molar-refractivity contribution in [2.75, 3.05) is 20.6 Å². The Balaban J connectivity index is 1.79. The van der Waals surface area contributed by atoms with E-state index in [0.29, 0.717) is 36.5 Å². The van der Waals surface area contributed by atoms with Crippen LogP contribution in [0.25, 0.3) is 11.1 Å². The lowest BCUT2D eigenvalue weighted by Crippen LogP contribution is -2.39. The summed E-state index contributed by atoms with van der Waals surface area (Å²) >= 11 is 6.64. The maximum Gasteiger partial charge on any atom is 0.319 e. The summed E-state index contributed by atoms with van der Waals surface area (Å²) < 4.78 is 0. The van der Waals surface area contributed by atoms with Gasteiger partial charge < -0.3 is 9.80 Å². The molecule has 1 aliphatic heterocycles. The fourth-order valence-corrected chi connectivity index (χ4v) is 3.81. The number of aromatic nitrogens is 1. The van der Waals surface area contributed by atoms with Gasteiger partial charge >= 0.3 is 6.03 Å². The van der Waals surface area contributed by atoms with Crippen molar-refractivity contribution in [1.82, 2.24) is 20.1 Å². The standard InChI is InChI=1S/C22H25ClN4O3/c1-4-26(2)22(30)27(3)13-15-9-8-14(12-24-15)16-6-5-7-17(20(16)23)18-10-11-19(28)25-21(18)29/h5-9,12,18H,4,10-11,13H2,1-3H3,(H,25,28,29). The first-order valence-corrected chi connectivity index (χ1v) is 10.2. The summed E-state index contributed by atoms with van der Waals surface area (Å²) in [5, 5.41) is 2.86. The average molecular weight is 429 g/mol. The van der Waals surface area contributed by atoms with E-state index < -0.39 is 5.92 Å². The zero-order valence-corrected chi connectivity index (χ0v) is 18.1. The number of hydrogen-bond acceptors (Lipinski definition) is 4. The fraction of sp³-hybridized carbons (Fsp3) is 0.364. The van der Waals surface area contributed by atoms with Crippen LogP contribution in [-0.4, -0.2) is 53.3 Å². The molecule has 1 unspecified atom stereocenters. The fourth-order valence-electron chi connectivity index (χ4n) is 3.45. The summed E-state index contributed by atoms with van der Waals surface area (Å²) in [6, 6.07) is 9.24.